The van der Waals surface area contributed by atoms with Gasteiger partial charge in [-0.1, -0.05) is 76.2 Å². The maximum atomic E-state index is 13.3. The van der Waals surface area contributed by atoms with Crippen LogP contribution in [0.15, 0.2) is 84.9 Å². The van der Waals surface area contributed by atoms with Crippen LogP contribution in [0, 0.1) is 11.8 Å². The molecule has 0 heterocycles. The Labute approximate surface area is 265 Å². The fourth-order valence-corrected chi connectivity index (χ4v) is 4.41. The molecule has 3 amide bonds. The zero-order valence-electron chi connectivity index (χ0n) is 26.4. The molecule has 242 valence electrons. The number of carbonyl (C=O) groups excluding carboxylic acids is 3. The second kappa shape index (κ2) is 18.3. The molecule has 3 aromatic rings. The van der Waals surface area contributed by atoms with Crippen molar-refractivity contribution in [3.63, 3.8) is 0 Å². The number of hydrogen-bond donors (Lipinski definition) is 4. The van der Waals surface area contributed by atoms with Crippen molar-refractivity contribution in [1.82, 2.24) is 16.0 Å². The zero-order chi connectivity index (χ0) is 32.6. The molecule has 10 nitrogen and oxygen atoms in total. The fraction of sp³-hybridized carbons (Fsp3) is 0.400. The van der Waals surface area contributed by atoms with E-state index in [2.05, 4.69) is 16.0 Å². The van der Waals surface area contributed by atoms with Crippen molar-refractivity contribution in [2.75, 3.05) is 13.2 Å². The SMILES string of the molecule is CC(C)C[C@H](NC(=O)OCc1ccccc1)C(=O)N[C@@H](CC(C)C)C(=O)NCC(O)COc1ccc(Oc2ccccc2)cc1. The van der Waals surface area contributed by atoms with Gasteiger partial charge in [0, 0.05) is 6.54 Å². The molecule has 3 aromatic carbocycles. The number of amides is 3. The fourth-order valence-electron chi connectivity index (χ4n) is 4.41. The van der Waals surface area contributed by atoms with Gasteiger partial charge in [0.1, 0.15) is 48.6 Å². The second-order valence-electron chi connectivity index (χ2n) is 11.7. The number of nitrogens with one attached hydrogen (secondary N) is 3. The van der Waals surface area contributed by atoms with E-state index in [1.165, 1.54) is 0 Å². The van der Waals surface area contributed by atoms with E-state index in [-0.39, 0.29) is 31.6 Å². The minimum absolute atomic E-state index is 0.0498. The van der Waals surface area contributed by atoms with Crippen molar-refractivity contribution < 1.29 is 33.7 Å². The monoisotopic (exact) mass is 619 g/mol. The summed E-state index contributed by atoms with van der Waals surface area (Å²) >= 11 is 0. The van der Waals surface area contributed by atoms with Gasteiger partial charge in [0.15, 0.2) is 0 Å². The minimum atomic E-state index is -0.987. The van der Waals surface area contributed by atoms with Crippen molar-refractivity contribution >= 4 is 17.9 Å². The number of benzene rings is 3. The standard InChI is InChI=1S/C35H45N3O7/c1-24(2)19-31(37-34(41)32(20-25(3)4)38-35(42)44-22-26-11-7-5-8-12-26)33(40)36-21-27(39)23-43-28-15-17-30(18-16-28)45-29-13-9-6-10-14-29/h5-18,24-25,27,31-32,39H,19-23H2,1-4H3,(H,36,40)(H,37,41)(H,38,42)/t27?,31-,32-/m0/s1. The molecule has 0 aliphatic heterocycles. The highest BCUT2D eigenvalue weighted by Crippen LogP contribution is 2.23. The molecule has 3 atom stereocenters. The van der Waals surface area contributed by atoms with E-state index in [1.807, 2.05) is 88.4 Å². The van der Waals surface area contributed by atoms with Crippen LogP contribution in [0.4, 0.5) is 4.79 Å². The summed E-state index contributed by atoms with van der Waals surface area (Å²) < 4.78 is 16.7. The molecule has 0 saturated heterocycles. The maximum absolute atomic E-state index is 13.3. The Balaban J connectivity index is 1.48. The summed E-state index contributed by atoms with van der Waals surface area (Å²) in [5.41, 5.74) is 0.824. The number of ether oxygens (including phenoxy) is 3. The third-order valence-electron chi connectivity index (χ3n) is 6.63. The molecule has 0 bridgehead atoms. The predicted octanol–water partition coefficient (Wildman–Crippen LogP) is 5.21. The largest absolute Gasteiger partial charge is 0.491 e. The molecule has 45 heavy (non-hydrogen) atoms. The maximum Gasteiger partial charge on any atom is 0.408 e. The molecule has 4 N–H and O–H groups in total. The number of hydrogen-bond acceptors (Lipinski definition) is 7. The van der Waals surface area contributed by atoms with E-state index in [9.17, 15) is 19.5 Å². The van der Waals surface area contributed by atoms with Crippen molar-refractivity contribution in [1.29, 1.82) is 0 Å². The molecule has 10 heteroatoms. The smallest absolute Gasteiger partial charge is 0.408 e. The number of carbonyl (C=O) groups is 3. The number of alkyl carbamates (subject to hydrolysis) is 1. The first-order valence-corrected chi connectivity index (χ1v) is 15.3. The van der Waals surface area contributed by atoms with Gasteiger partial charge in [0.25, 0.3) is 0 Å². The van der Waals surface area contributed by atoms with E-state index >= 15 is 0 Å². The summed E-state index contributed by atoms with van der Waals surface area (Å²) in [5.74, 6) is 1.17. The van der Waals surface area contributed by atoms with E-state index in [1.54, 1.807) is 24.3 Å². The van der Waals surface area contributed by atoms with E-state index < -0.39 is 36.1 Å². The minimum Gasteiger partial charge on any atom is -0.491 e. The summed E-state index contributed by atoms with van der Waals surface area (Å²) in [4.78, 5) is 38.9. The molecule has 0 spiro atoms. The lowest BCUT2D eigenvalue weighted by Crippen LogP contribution is -2.55. The van der Waals surface area contributed by atoms with Crippen LogP contribution in [0.2, 0.25) is 0 Å². The van der Waals surface area contributed by atoms with Gasteiger partial charge in [-0.2, -0.15) is 0 Å². The Hall–Kier alpha value is -4.57. The van der Waals surface area contributed by atoms with Gasteiger partial charge >= 0.3 is 6.09 Å². The van der Waals surface area contributed by atoms with Gasteiger partial charge in [-0.05, 0) is 66.6 Å². The highest BCUT2D eigenvalue weighted by molar-refractivity contribution is 5.91. The van der Waals surface area contributed by atoms with Crippen LogP contribution in [0.25, 0.3) is 0 Å². The molecule has 0 fully saturated rings. The molecule has 0 radical (unpaired) electrons. The lowest BCUT2D eigenvalue weighted by atomic mass is 10.00. The van der Waals surface area contributed by atoms with Crippen LogP contribution >= 0.6 is 0 Å². The van der Waals surface area contributed by atoms with Crippen LogP contribution in [-0.2, 0) is 20.9 Å². The third kappa shape index (κ3) is 13.3. The molecular weight excluding hydrogens is 574 g/mol. The van der Waals surface area contributed by atoms with Crippen LogP contribution < -0.4 is 25.4 Å². The first-order valence-electron chi connectivity index (χ1n) is 15.3. The van der Waals surface area contributed by atoms with E-state index in [0.717, 1.165) is 11.3 Å². The van der Waals surface area contributed by atoms with Gasteiger partial charge in [-0.3, -0.25) is 9.59 Å². The molecule has 0 saturated carbocycles. The van der Waals surface area contributed by atoms with Crippen LogP contribution in [0.5, 0.6) is 17.2 Å². The highest BCUT2D eigenvalue weighted by Gasteiger charge is 2.28. The average Bonchev–Trinajstić information content (AvgIpc) is 3.02. The van der Waals surface area contributed by atoms with Gasteiger partial charge in [-0.15, -0.1) is 0 Å². The normalized spacial score (nSPS) is 13.0. The van der Waals surface area contributed by atoms with Gasteiger partial charge < -0.3 is 35.3 Å². The lowest BCUT2D eigenvalue weighted by molar-refractivity contribution is -0.130. The summed E-state index contributed by atoms with van der Waals surface area (Å²) in [5, 5.41) is 18.6. The van der Waals surface area contributed by atoms with Crippen LogP contribution in [0.3, 0.4) is 0 Å². The Kier molecular flexibility index (Phi) is 14.2. The summed E-state index contributed by atoms with van der Waals surface area (Å²) in [6, 6.07) is 23.9. The first-order chi connectivity index (χ1) is 21.6. The molecule has 1 unspecified atom stereocenters. The van der Waals surface area contributed by atoms with Gasteiger partial charge in [0.2, 0.25) is 11.8 Å². The summed E-state index contributed by atoms with van der Waals surface area (Å²) in [7, 11) is 0. The van der Waals surface area contributed by atoms with Crippen molar-refractivity contribution in [3.05, 3.63) is 90.5 Å². The third-order valence-corrected chi connectivity index (χ3v) is 6.63. The highest BCUT2D eigenvalue weighted by atomic mass is 16.5. The molecule has 0 aromatic heterocycles. The van der Waals surface area contributed by atoms with E-state index in [4.69, 9.17) is 14.2 Å². The molecule has 0 aliphatic carbocycles. The van der Waals surface area contributed by atoms with Crippen LogP contribution in [0.1, 0.15) is 46.1 Å². The summed E-state index contributed by atoms with van der Waals surface area (Å²) in [6.07, 6.45) is -0.975. The molecular formula is C35H45N3O7. The van der Waals surface area contributed by atoms with Gasteiger partial charge in [0.05, 0.1) is 0 Å². The van der Waals surface area contributed by atoms with Crippen molar-refractivity contribution in [2.45, 2.75) is 65.3 Å². The lowest BCUT2D eigenvalue weighted by Gasteiger charge is -2.25. The first kappa shape index (κ1) is 34.9. The van der Waals surface area contributed by atoms with E-state index in [0.29, 0.717) is 24.3 Å². The molecule has 3 rings (SSSR count). The van der Waals surface area contributed by atoms with Crippen molar-refractivity contribution in [2.24, 2.45) is 11.8 Å². The number of rotatable bonds is 17. The van der Waals surface area contributed by atoms with Crippen LogP contribution in [-0.4, -0.2) is 54.4 Å². The number of aliphatic hydroxyl groups is 1. The average molecular weight is 620 g/mol. The summed E-state index contributed by atoms with van der Waals surface area (Å²) in [6.45, 7) is 7.70. The Morgan fingerprint density at radius 3 is 1.82 bits per heavy atom. The Morgan fingerprint density at radius 2 is 1.22 bits per heavy atom. The number of aliphatic hydroxyl groups excluding tert-OH is 1. The Bertz CT molecular complexity index is 1320. The predicted molar refractivity (Wildman–Crippen MR) is 172 cm³/mol. The topological polar surface area (TPSA) is 135 Å². The second-order valence-corrected chi connectivity index (χ2v) is 11.7. The van der Waals surface area contributed by atoms with Crippen molar-refractivity contribution in [3.8, 4) is 17.2 Å². The quantitative estimate of drug-likeness (QED) is 0.163. The molecule has 0 aliphatic rings. The number of para-hydroxylation sites is 1. The zero-order valence-corrected chi connectivity index (χ0v) is 26.4. The van der Waals surface area contributed by atoms with Gasteiger partial charge in [-0.25, -0.2) is 4.79 Å². The Morgan fingerprint density at radius 1 is 0.689 bits per heavy atom.